The van der Waals surface area contributed by atoms with Crippen LogP contribution >= 0.6 is 0 Å². The van der Waals surface area contributed by atoms with Gasteiger partial charge in [0.25, 0.3) is 0 Å². The number of sulfonamides is 1. The normalized spacial score (nSPS) is 12.1. The van der Waals surface area contributed by atoms with Gasteiger partial charge >= 0.3 is 5.69 Å². The molecule has 11 heteroatoms. The Hall–Kier alpha value is -3.44. The zero-order chi connectivity index (χ0) is 25.2. The van der Waals surface area contributed by atoms with Crippen molar-refractivity contribution in [2.45, 2.75) is 51.5 Å². The molecule has 186 valence electrons. The van der Waals surface area contributed by atoms with Crippen LogP contribution in [-0.2, 0) is 27.8 Å². The minimum atomic E-state index is -3.59. The molecule has 4 rings (SSSR count). The number of H-pyrrole nitrogens is 2. The van der Waals surface area contributed by atoms with Gasteiger partial charge in [0, 0.05) is 38.2 Å². The van der Waals surface area contributed by atoms with Gasteiger partial charge in [-0.3, -0.25) is 4.79 Å². The van der Waals surface area contributed by atoms with Crippen molar-refractivity contribution in [3.05, 3.63) is 52.7 Å². The van der Waals surface area contributed by atoms with Gasteiger partial charge in [0.05, 0.1) is 27.0 Å². The zero-order valence-corrected chi connectivity index (χ0v) is 20.9. The Balaban J connectivity index is 1.54. The first-order valence-electron chi connectivity index (χ1n) is 11.8. The van der Waals surface area contributed by atoms with Crippen LogP contribution in [-0.4, -0.2) is 51.2 Å². The van der Waals surface area contributed by atoms with Crippen molar-refractivity contribution in [3.63, 3.8) is 0 Å². The molecule has 3 N–H and O–H groups in total. The van der Waals surface area contributed by atoms with Gasteiger partial charge in [-0.15, -0.1) is 0 Å². The van der Waals surface area contributed by atoms with Crippen LogP contribution in [0.15, 0.2) is 46.1 Å². The van der Waals surface area contributed by atoms with Crippen molar-refractivity contribution in [1.82, 2.24) is 23.8 Å². The van der Waals surface area contributed by atoms with E-state index in [1.165, 1.54) is 4.31 Å². The number of benzene rings is 2. The molecule has 0 aliphatic heterocycles. The monoisotopic (exact) mass is 498 g/mol. The minimum absolute atomic E-state index is 0.179. The summed E-state index contributed by atoms with van der Waals surface area (Å²) in [5, 5.41) is 2.86. The second-order valence-corrected chi connectivity index (χ2v) is 10.2. The van der Waals surface area contributed by atoms with Gasteiger partial charge in [-0.2, -0.15) is 4.31 Å². The number of rotatable bonds is 10. The van der Waals surface area contributed by atoms with Gasteiger partial charge in [-0.25, -0.2) is 18.2 Å². The number of hydrogen-bond donors (Lipinski definition) is 3. The van der Waals surface area contributed by atoms with Crippen LogP contribution in [0.3, 0.4) is 0 Å². The van der Waals surface area contributed by atoms with Crippen molar-refractivity contribution in [2.24, 2.45) is 0 Å². The molecule has 2 heterocycles. The summed E-state index contributed by atoms with van der Waals surface area (Å²) in [6.45, 7) is 7.20. The Morgan fingerprint density at radius 3 is 2.51 bits per heavy atom. The van der Waals surface area contributed by atoms with Crippen LogP contribution < -0.4 is 11.0 Å². The van der Waals surface area contributed by atoms with Crippen LogP contribution in [0.1, 0.15) is 39.4 Å². The summed E-state index contributed by atoms with van der Waals surface area (Å²) in [4.78, 5) is 34.3. The van der Waals surface area contributed by atoms with E-state index in [1.54, 1.807) is 36.4 Å². The van der Waals surface area contributed by atoms with E-state index in [1.807, 2.05) is 18.4 Å². The SMILES string of the molecule is CCCn1c(CCC(=O)Nc2ccc3[nH]c(=O)[nH]c3c2)nc2cc(S(=O)(=O)N(CC)CC)ccc21. The number of imidazole rings is 2. The van der Waals surface area contributed by atoms with E-state index in [9.17, 15) is 18.0 Å². The largest absolute Gasteiger partial charge is 0.328 e. The van der Waals surface area contributed by atoms with E-state index in [0.717, 1.165) is 17.8 Å². The molecule has 4 aromatic rings. The van der Waals surface area contributed by atoms with E-state index in [0.29, 0.717) is 48.3 Å². The van der Waals surface area contributed by atoms with Crippen molar-refractivity contribution >= 4 is 43.7 Å². The third-order valence-electron chi connectivity index (χ3n) is 5.96. The van der Waals surface area contributed by atoms with Gasteiger partial charge in [0.1, 0.15) is 5.82 Å². The number of anilines is 1. The molecule has 0 aliphatic carbocycles. The molecule has 0 atom stereocenters. The van der Waals surface area contributed by atoms with Crippen LogP contribution in [0.25, 0.3) is 22.1 Å². The molecular weight excluding hydrogens is 468 g/mol. The summed E-state index contributed by atoms with van der Waals surface area (Å²) in [7, 11) is -3.59. The highest BCUT2D eigenvalue weighted by Gasteiger charge is 2.23. The van der Waals surface area contributed by atoms with E-state index >= 15 is 0 Å². The fourth-order valence-electron chi connectivity index (χ4n) is 4.26. The molecule has 35 heavy (non-hydrogen) atoms. The first-order chi connectivity index (χ1) is 16.8. The molecule has 1 amide bonds. The van der Waals surface area contributed by atoms with E-state index in [2.05, 4.69) is 22.2 Å². The van der Waals surface area contributed by atoms with Gasteiger partial charge < -0.3 is 19.9 Å². The number of amides is 1. The average Bonchev–Trinajstić information content (AvgIpc) is 3.37. The van der Waals surface area contributed by atoms with Gasteiger partial charge in [0.15, 0.2) is 0 Å². The number of aromatic nitrogens is 4. The number of hydrogen-bond acceptors (Lipinski definition) is 5. The second-order valence-electron chi connectivity index (χ2n) is 8.31. The second kappa shape index (κ2) is 10.0. The van der Waals surface area contributed by atoms with Gasteiger partial charge in [0.2, 0.25) is 15.9 Å². The predicted octanol–water partition coefficient (Wildman–Crippen LogP) is 3.22. The molecular formula is C24H30N6O4S. The number of carbonyl (C=O) groups excluding carboxylic acids is 1. The standard InChI is InChI=1S/C24H30N6O4S/c1-4-13-30-21-10-8-17(35(33,34)29(5-2)6-3)15-20(21)26-22(30)11-12-23(31)25-16-7-9-18-19(14-16)28-24(32)27-18/h7-10,14-15H,4-6,11-13H2,1-3H3,(H,25,31)(H2,27,28,32). The highest BCUT2D eigenvalue weighted by molar-refractivity contribution is 7.89. The Kier molecular flexibility index (Phi) is 7.08. The fourth-order valence-corrected chi connectivity index (χ4v) is 5.73. The summed E-state index contributed by atoms with van der Waals surface area (Å²) >= 11 is 0. The van der Waals surface area contributed by atoms with Crippen molar-refractivity contribution in [3.8, 4) is 0 Å². The number of nitrogens with zero attached hydrogens (tertiary/aromatic N) is 3. The van der Waals surface area contributed by atoms with Gasteiger partial charge in [-0.05, 0) is 42.8 Å². The van der Waals surface area contributed by atoms with E-state index in [4.69, 9.17) is 4.98 Å². The molecule has 0 unspecified atom stereocenters. The fraction of sp³-hybridized carbons (Fsp3) is 0.375. The summed E-state index contributed by atoms with van der Waals surface area (Å²) in [6, 6.07) is 10.2. The maximum absolute atomic E-state index is 12.9. The molecule has 0 spiro atoms. The summed E-state index contributed by atoms with van der Waals surface area (Å²) < 4.78 is 29.4. The Labute approximate surface area is 203 Å². The molecule has 0 saturated carbocycles. The molecule has 2 aromatic heterocycles. The maximum atomic E-state index is 12.9. The topological polar surface area (TPSA) is 133 Å². The quantitative estimate of drug-likeness (QED) is 0.309. The van der Waals surface area contributed by atoms with Crippen molar-refractivity contribution in [1.29, 1.82) is 0 Å². The molecule has 0 saturated heterocycles. The highest BCUT2D eigenvalue weighted by Crippen LogP contribution is 2.24. The van der Waals surface area contributed by atoms with Crippen LogP contribution in [0.5, 0.6) is 0 Å². The van der Waals surface area contributed by atoms with E-state index < -0.39 is 10.0 Å². The molecule has 0 bridgehead atoms. The summed E-state index contributed by atoms with van der Waals surface area (Å²) in [5.74, 6) is 0.557. The highest BCUT2D eigenvalue weighted by atomic mass is 32.2. The van der Waals surface area contributed by atoms with Crippen molar-refractivity contribution < 1.29 is 13.2 Å². The van der Waals surface area contributed by atoms with Crippen LogP contribution in [0, 0.1) is 0 Å². The first kappa shape index (κ1) is 24.7. The predicted molar refractivity (Wildman–Crippen MR) is 136 cm³/mol. The van der Waals surface area contributed by atoms with Crippen LogP contribution in [0.4, 0.5) is 5.69 Å². The van der Waals surface area contributed by atoms with Gasteiger partial charge in [-0.1, -0.05) is 20.8 Å². The number of fused-ring (bicyclic) bond motifs is 2. The number of nitrogens with one attached hydrogen (secondary N) is 3. The average molecular weight is 499 g/mol. The maximum Gasteiger partial charge on any atom is 0.323 e. The lowest BCUT2D eigenvalue weighted by atomic mass is 10.2. The number of aryl methyl sites for hydroxylation is 2. The lowest BCUT2D eigenvalue weighted by molar-refractivity contribution is -0.116. The zero-order valence-electron chi connectivity index (χ0n) is 20.1. The summed E-state index contributed by atoms with van der Waals surface area (Å²) in [6.07, 6.45) is 1.49. The molecule has 0 fully saturated rings. The molecule has 0 radical (unpaired) electrons. The third-order valence-corrected chi connectivity index (χ3v) is 8.01. The number of aromatic amines is 2. The van der Waals surface area contributed by atoms with E-state index in [-0.39, 0.29) is 22.9 Å². The van der Waals surface area contributed by atoms with Crippen LogP contribution in [0.2, 0.25) is 0 Å². The molecule has 2 aromatic carbocycles. The smallest absolute Gasteiger partial charge is 0.323 e. The van der Waals surface area contributed by atoms with Crippen molar-refractivity contribution in [2.75, 3.05) is 18.4 Å². The summed E-state index contributed by atoms with van der Waals surface area (Å²) in [5.41, 5.74) is 3.03. The Morgan fingerprint density at radius 1 is 1.06 bits per heavy atom. The number of carbonyl (C=O) groups is 1. The minimum Gasteiger partial charge on any atom is -0.328 e. The lowest BCUT2D eigenvalue weighted by Gasteiger charge is -2.18. The first-order valence-corrected chi connectivity index (χ1v) is 13.2. The molecule has 0 aliphatic rings. The Bertz CT molecular complexity index is 1530. The third kappa shape index (κ3) is 5.01. The Morgan fingerprint density at radius 2 is 1.80 bits per heavy atom. The lowest BCUT2D eigenvalue weighted by Crippen LogP contribution is -2.30. The molecule has 10 nitrogen and oxygen atoms in total.